The van der Waals surface area contributed by atoms with Gasteiger partial charge < -0.3 is 20.1 Å². The van der Waals surface area contributed by atoms with E-state index in [2.05, 4.69) is 39.2 Å². The van der Waals surface area contributed by atoms with Gasteiger partial charge in [0.15, 0.2) is 5.82 Å². The fraction of sp³-hybridized carbons (Fsp3) is 0.520. The highest BCUT2D eigenvalue weighted by molar-refractivity contribution is 5.87. The Labute approximate surface area is 197 Å². The Bertz CT molecular complexity index is 892. The van der Waals surface area contributed by atoms with Gasteiger partial charge in [-0.1, -0.05) is 25.5 Å². The quantitative estimate of drug-likeness (QED) is 0.287. The SMILES string of the molecule is CCCN(CCC)c1cc(N/N=C/c2cc(C)ccc2N)nc(OCCN2CCOCC2)c1. The molecule has 0 aliphatic carbocycles. The van der Waals surface area contributed by atoms with Crippen LogP contribution < -0.4 is 20.8 Å². The minimum atomic E-state index is 0.584. The van der Waals surface area contributed by atoms with Crippen molar-refractivity contribution in [3.63, 3.8) is 0 Å². The molecule has 3 rings (SSSR count). The second kappa shape index (κ2) is 13.0. The van der Waals surface area contributed by atoms with Crippen molar-refractivity contribution < 1.29 is 9.47 Å². The van der Waals surface area contributed by atoms with E-state index in [-0.39, 0.29) is 0 Å². The molecule has 0 amide bonds. The Morgan fingerprint density at radius 1 is 1.18 bits per heavy atom. The summed E-state index contributed by atoms with van der Waals surface area (Å²) in [5.41, 5.74) is 12.9. The average Bonchev–Trinajstić information content (AvgIpc) is 2.82. The lowest BCUT2D eigenvalue weighted by molar-refractivity contribution is 0.0320. The summed E-state index contributed by atoms with van der Waals surface area (Å²) in [5, 5.41) is 4.39. The summed E-state index contributed by atoms with van der Waals surface area (Å²) in [4.78, 5) is 9.36. The van der Waals surface area contributed by atoms with Crippen molar-refractivity contribution in [3.8, 4) is 5.88 Å². The number of nitrogens with two attached hydrogens (primary N) is 1. The summed E-state index contributed by atoms with van der Waals surface area (Å²) in [6.45, 7) is 13.3. The van der Waals surface area contributed by atoms with Gasteiger partial charge in [-0.25, -0.2) is 0 Å². The number of hydrogen-bond acceptors (Lipinski definition) is 8. The number of nitrogens with one attached hydrogen (secondary N) is 1. The van der Waals surface area contributed by atoms with E-state index in [0.29, 0.717) is 24.0 Å². The molecule has 0 spiro atoms. The smallest absolute Gasteiger partial charge is 0.217 e. The maximum atomic E-state index is 6.07. The van der Waals surface area contributed by atoms with Gasteiger partial charge in [-0.05, 0) is 31.9 Å². The van der Waals surface area contributed by atoms with Crippen LogP contribution in [0, 0.1) is 6.92 Å². The fourth-order valence-electron chi connectivity index (χ4n) is 3.79. The third-order valence-electron chi connectivity index (χ3n) is 5.52. The van der Waals surface area contributed by atoms with Gasteiger partial charge in [0.1, 0.15) is 6.61 Å². The van der Waals surface area contributed by atoms with E-state index in [1.54, 1.807) is 6.21 Å². The van der Waals surface area contributed by atoms with Gasteiger partial charge in [-0.2, -0.15) is 10.1 Å². The standard InChI is InChI=1S/C25H38N6O2/c1-4-8-31(9-5-2)22-17-24(29-27-19-21-16-20(3)6-7-23(21)26)28-25(18-22)33-15-12-30-10-13-32-14-11-30/h6-7,16-19H,4-5,8-15,26H2,1-3H3,(H,28,29)/b27-19+. The summed E-state index contributed by atoms with van der Waals surface area (Å²) >= 11 is 0. The van der Waals surface area contributed by atoms with E-state index < -0.39 is 0 Å². The first-order valence-corrected chi connectivity index (χ1v) is 11.9. The van der Waals surface area contributed by atoms with Crippen molar-refractivity contribution in [1.29, 1.82) is 0 Å². The number of nitrogen functional groups attached to an aromatic ring is 1. The van der Waals surface area contributed by atoms with E-state index in [1.807, 2.05) is 37.3 Å². The first kappa shape index (κ1) is 24.8. The van der Waals surface area contributed by atoms with Crippen LogP contribution in [0.3, 0.4) is 0 Å². The maximum Gasteiger partial charge on any atom is 0.217 e. The van der Waals surface area contributed by atoms with Gasteiger partial charge in [-0.15, -0.1) is 0 Å². The van der Waals surface area contributed by atoms with Gasteiger partial charge in [0.05, 0.1) is 19.4 Å². The topological polar surface area (TPSA) is 88.2 Å². The van der Waals surface area contributed by atoms with E-state index >= 15 is 0 Å². The van der Waals surface area contributed by atoms with Crippen LogP contribution in [0.4, 0.5) is 17.2 Å². The molecule has 180 valence electrons. The molecule has 0 bridgehead atoms. The molecule has 1 aromatic heterocycles. The number of hydrogen-bond donors (Lipinski definition) is 2. The molecule has 3 N–H and O–H groups in total. The number of rotatable bonds is 12. The Balaban J connectivity index is 1.73. The van der Waals surface area contributed by atoms with Crippen molar-refractivity contribution in [3.05, 3.63) is 41.5 Å². The van der Waals surface area contributed by atoms with Gasteiger partial charge in [0.2, 0.25) is 5.88 Å². The molecule has 1 aliphatic heterocycles. The van der Waals surface area contributed by atoms with Crippen molar-refractivity contribution >= 4 is 23.4 Å². The van der Waals surface area contributed by atoms with Crippen molar-refractivity contribution in [2.75, 3.05) is 68.6 Å². The molecule has 2 heterocycles. The molecule has 0 radical (unpaired) electrons. The molecule has 0 atom stereocenters. The summed E-state index contributed by atoms with van der Waals surface area (Å²) in [6.07, 6.45) is 3.87. The zero-order valence-electron chi connectivity index (χ0n) is 20.2. The van der Waals surface area contributed by atoms with Crippen LogP contribution in [0.2, 0.25) is 0 Å². The first-order chi connectivity index (χ1) is 16.1. The van der Waals surface area contributed by atoms with Crippen molar-refractivity contribution in [1.82, 2.24) is 9.88 Å². The molecule has 1 aromatic carbocycles. The first-order valence-electron chi connectivity index (χ1n) is 11.9. The number of hydrazone groups is 1. The molecule has 1 saturated heterocycles. The van der Waals surface area contributed by atoms with E-state index in [1.165, 1.54) is 0 Å². The Hall–Kier alpha value is -2.84. The molecule has 33 heavy (non-hydrogen) atoms. The minimum Gasteiger partial charge on any atom is -0.476 e. The van der Waals surface area contributed by atoms with Crippen LogP contribution in [0.15, 0.2) is 35.4 Å². The van der Waals surface area contributed by atoms with E-state index in [4.69, 9.17) is 15.2 Å². The zero-order chi connectivity index (χ0) is 23.5. The van der Waals surface area contributed by atoms with Crippen LogP contribution in [0.5, 0.6) is 5.88 Å². The minimum absolute atomic E-state index is 0.584. The summed E-state index contributed by atoms with van der Waals surface area (Å²) in [5.74, 6) is 1.25. The number of nitrogens with zero attached hydrogens (tertiary/aromatic N) is 4. The van der Waals surface area contributed by atoms with Crippen LogP contribution in [0.1, 0.15) is 37.8 Å². The Morgan fingerprint density at radius 2 is 1.94 bits per heavy atom. The summed E-state index contributed by atoms with van der Waals surface area (Å²) in [6, 6.07) is 9.94. The van der Waals surface area contributed by atoms with E-state index in [9.17, 15) is 0 Å². The molecule has 8 nitrogen and oxygen atoms in total. The Morgan fingerprint density at radius 3 is 2.67 bits per heavy atom. The molecule has 0 saturated carbocycles. The van der Waals surface area contributed by atoms with E-state index in [0.717, 1.165) is 75.6 Å². The maximum absolute atomic E-state index is 6.07. The van der Waals surface area contributed by atoms with Crippen LogP contribution in [0.25, 0.3) is 0 Å². The number of aryl methyl sites for hydroxylation is 1. The highest BCUT2D eigenvalue weighted by Gasteiger charge is 2.12. The monoisotopic (exact) mass is 454 g/mol. The zero-order valence-corrected chi connectivity index (χ0v) is 20.2. The van der Waals surface area contributed by atoms with Crippen molar-refractivity contribution in [2.24, 2.45) is 5.10 Å². The number of benzene rings is 1. The third kappa shape index (κ3) is 7.91. The molecule has 1 aliphatic rings. The highest BCUT2D eigenvalue weighted by atomic mass is 16.5. The van der Waals surface area contributed by atoms with Crippen molar-refractivity contribution in [2.45, 2.75) is 33.6 Å². The van der Waals surface area contributed by atoms with Crippen LogP contribution in [-0.2, 0) is 4.74 Å². The molecular weight excluding hydrogens is 416 g/mol. The number of morpholine rings is 1. The van der Waals surface area contributed by atoms with Gasteiger partial charge >= 0.3 is 0 Å². The molecule has 0 unspecified atom stereocenters. The lowest BCUT2D eigenvalue weighted by Crippen LogP contribution is -2.38. The highest BCUT2D eigenvalue weighted by Crippen LogP contribution is 2.25. The Kier molecular flexibility index (Phi) is 9.77. The largest absolute Gasteiger partial charge is 0.476 e. The average molecular weight is 455 g/mol. The molecular formula is C25H38N6O2. The molecule has 8 heteroatoms. The third-order valence-corrected chi connectivity index (χ3v) is 5.52. The molecule has 2 aromatic rings. The van der Waals surface area contributed by atoms with Gasteiger partial charge in [-0.3, -0.25) is 10.3 Å². The van der Waals surface area contributed by atoms with Gasteiger partial charge in [0.25, 0.3) is 0 Å². The molecule has 1 fully saturated rings. The van der Waals surface area contributed by atoms with Crippen LogP contribution >= 0.6 is 0 Å². The normalized spacial score (nSPS) is 14.5. The lowest BCUT2D eigenvalue weighted by Gasteiger charge is -2.26. The number of anilines is 3. The number of aromatic nitrogens is 1. The predicted molar refractivity (Wildman–Crippen MR) is 137 cm³/mol. The second-order valence-corrected chi connectivity index (χ2v) is 8.34. The fourth-order valence-corrected chi connectivity index (χ4v) is 3.79. The lowest BCUT2D eigenvalue weighted by atomic mass is 10.1. The number of ether oxygens (including phenoxy) is 2. The summed E-state index contributed by atoms with van der Waals surface area (Å²) < 4.78 is 11.5. The second-order valence-electron chi connectivity index (χ2n) is 8.34. The summed E-state index contributed by atoms with van der Waals surface area (Å²) in [7, 11) is 0. The number of pyridine rings is 1. The van der Waals surface area contributed by atoms with Crippen LogP contribution in [-0.4, -0.2) is 68.6 Å². The predicted octanol–water partition coefficient (Wildman–Crippen LogP) is 3.76. The van der Waals surface area contributed by atoms with Gasteiger partial charge in [0, 0.05) is 61.8 Å².